The monoisotopic (exact) mass is 402 g/mol. The van der Waals surface area contributed by atoms with Crippen LogP contribution in [-0.4, -0.2) is 59.3 Å². The second kappa shape index (κ2) is 7.33. The largest absolute Gasteiger partial charge is 0.335 e. The van der Waals surface area contributed by atoms with Crippen LogP contribution in [0.1, 0.15) is 22.3 Å². The molecule has 1 amide bonds. The van der Waals surface area contributed by atoms with Gasteiger partial charge < -0.3 is 4.90 Å². The minimum Gasteiger partial charge on any atom is -0.335 e. The zero-order valence-corrected chi connectivity index (χ0v) is 15.5. The number of sulfonamides is 1. The molecule has 140 valence electrons. The van der Waals surface area contributed by atoms with Gasteiger partial charge in [-0.1, -0.05) is 11.4 Å². The SMILES string of the molecule is CCc1nnsc1C(=O)N1CCN(S(=O)(=O)c2ccc(F)cc2F)CC1. The van der Waals surface area contributed by atoms with Gasteiger partial charge in [0, 0.05) is 32.2 Å². The molecule has 0 bridgehead atoms. The Morgan fingerprint density at radius 2 is 1.92 bits per heavy atom. The van der Waals surface area contributed by atoms with Crippen LogP contribution in [0, 0.1) is 11.6 Å². The van der Waals surface area contributed by atoms with Crippen LogP contribution in [0.2, 0.25) is 0 Å². The fraction of sp³-hybridized carbons (Fsp3) is 0.400. The van der Waals surface area contributed by atoms with Gasteiger partial charge in [-0.2, -0.15) is 4.31 Å². The van der Waals surface area contributed by atoms with Crippen LogP contribution in [-0.2, 0) is 16.4 Å². The maximum Gasteiger partial charge on any atom is 0.267 e. The first kappa shape index (κ1) is 18.8. The number of amides is 1. The van der Waals surface area contributed by atoms with Gasteiger partial charge in [-0.05, 0) is 30.1 Å². The minimum absolute atomic E-state index is 0.0264. The van der Waals surface area contributed by atoms with Crippen molar-refractivity contribution < 1.29 is 22.0 Å². The Hall–Kier alpha value is -1.98. The van der Waals surface area contributed by atoms with Crippen LogP contribution < -0.4 is 0 Å². The third kappa shape index (κ3) is 3.46. The van der Waals surface area contributed by atoms with E-state index in [9.17, 15) is 22.0 Å². The zero-order valence-electron chi connectivity index (χ0n) is 13.9. The summed E-state index contributed by atoms with van der Waals surface area (Å²) < 4.78 is 56.9. The molecule has 1 fully saturated rings. The summed E-state index contributed by atoms with van der Waals surface area (Å²) in [4.78, 5) is 14.0. The smallest absolute Gasteiger partial charge is 0.267 e. The highest BCUT2D eigenvalue weighted by atomic mass is 32.2. The highest BCUT2D eigenvalue weighted by Gasteiger charge is 2.33. The van der Waals surface area contributed by atoms with Crippen molar-refractivity contribution in [1.29, 1.82) is 0 Å². The van der Waals surface area contributed by atoms with E-state index in [2.05, 4.69) is 9.59 Å². The molecule has 0 saturated carbocycles. The topological polar surface area (TPSA) is 83.5 Å². The maximum atomic E-state index is 13.9. The fourth-order valence-corrected chi connectivity index (χ4v) is 4.89. The predicted molar refractivity (Wildman–Crippen MR) is 90.3 cm³/mol. The van der Waals surface area contributed by atoms with Crippen molar-refractivity contribution in [2.45, 2.75) is 18.2 Å². The van der Waals surface area contributed by atoms with E-state index >= 15 is 0 Å². The van der Waals surface area contributed by atoms with E-state index in [1.165, 1.54) is 4.90 Å². The number of rotatable bonds is 4. The molecule has 0 N–H and O–H groups in total. The second-order valence-electron chi connectivity index (χ2n) is 5.67. The summed E-state index contributed by atoms with van der Waals surface area (Å²) in [6.45, 7) is 2.26. The molecule has 0 unspecified atom stereocenters. The van der Waals surface area contributed by atoms with Crippen LogP contribution in [0.4, 0.5) is 8.78 Å². The summed E-state index contributed by atoms with van der Waals surface area (Å²) >= 11 is 1.01. The maximum absolute atomic E-state index is 13.9. The Labute approximate surface area is 153 Å². The first-order chi connectivity index (χ1) is 12.3. The van der Waals surface area contributed by atoms with Gasteiger partial charge in [0.2, 0.25) is 10.0 Å². The van der Waals surface area contributed by atoms with Gasteiger partial charge in [0.15, 0.2) is 0 Å². The Morgan fingerprint density at radius 3 is 2.54 bits per heavy atom. The zero-order chi connectivity index (χ0) is 18.9. The van der Waals surface area contributed by atoms with Gasteiger partial charge in [0.1, 0.15) is 21.4 Å². The van der Waals surface area contributed by atoms with Crippen LogP contribution >= 0.6 is 11.5 Å². The van der Waals surface area contributed by atoms with Crippen molar-refractivity contribution in [2.24, 2.45) is 0 Å². The molecule has 11 heteroatoms. The number of nitrogens with zero attached hydrogens (tertiary/aromatic N) is 4. The normalized spacial score (nSPS) is 16.0. The summed E-state index contributed by atoms with van der Waals surface area (Å²) in [5, 5.41) is 3.90. The third-order valence-electron chi connectivity index (χ3n) is 4.12. The molecule has 0 spiro atoms. The summed E-state index contributed by atoms with van der Waals surface area (Å²) in [5.74, 6) is -2.21. The quantitative estimate of drug-likeness (QED) is 0.774. The average molecular weight is 402 g/mol. The molecule has 26 heavy (non-hydrogen) atoms. The van der Waals surface area contributed by atoms with Crippen molar-refractivity contribution in [3.05, 3.63) is 40.4 Å². The van der Waals surface area contributed by atoms with Gasteiger partial charge in [-0.15, -0.1) is 5.10 Å². The highest BCUT2D eigenvalue weighted by molar-refractivity contribution is 7.89. The number of aromatic nitrogens is 2. The Balaban J connectivity index is 1.73. The molecular formula is C15H16F2N4O3S2. The fourth-order valence-electron chi connectivity index (χ4n) is 2.70. The van der Waals surface area contributed by atoms with E-state index in [-0.39, 0.29) is 32.1 Å². The Morgan fingerprint density at radius 1 is 1.23 bits per heavy atom. The summed E-state index contributed by atoms with van der Waals surface area (Å²) in [6, 6.07) is 2.35. The summed E-state index contributed by atoms with van der Waals surface area (Å²) in [6.07, 6.45) is 0.579. The number of hydrogen-bond donors (Lipinski definition) is 0. The lowest BCUT2D eigenvalue weighted by Crippen LogP contribution is -2.50. The molecule has 2 heterocycles. The van der Waals surface area contributed by atoms with Gasteiger partial charge in [-0.3, -0.25) is 4.79 Å². The van der Waals surface area contributed by atoms with Crippen molar-refractivity contribution in [1.82, 2.24) is 18.8 Å². The van der Waals surface area contributed by atoms with Crippen molar-refractivity contribution in [3.8, 4) is 0 Å². The van der Waals surface area contributed by atoms with Crippen molar-refractivity contribution in [3.63, 3.8) is 0 Å². The Bertz CT molecular complexity index is 925. The number of halogens is 2. The van der Waals surface area contributed by atoms with Crippen molar-refractivity contribution in [2.75, 3.05) is 26.2 Å². The number of carbonyl (C=O) groups excluding carboxylic acids is 1. The first-order valence-electron chi connectivity index (χ1n) is 7.90. The Kier molecular flexibility index (Phi) is 5.30. The molecule has 3 rings (SSSR count). The van der Waals surface area contributed by atoms with Gasteiger partial charge >= 0.3 is 0 Å². The molecular weight excluding hydrogens is 386 g/mol. The molecule has 7 nitrogen and oxygen atoms in total. The molecule has 1 aromatic carbocycles. The minimum atomic E-state index is -4.09. The van der Waals surface area contributed by atoms with Gasteiger partial charge in [0.05, 0.1) is 5.69 Å². The van der Waals surface area contributed by atoms with Crippen LogP contribution in [0.15, 0.2) is 23.1 Å². The van der Waals surface area contributed by atoms with Gasteiger partial charge in [0.25, 0.3) is 5.91 Å². The average Bonchev–Trinajstić information content (AvgIpc) is 3.09. The lowest BCUT2D eigenvalue weighted by molar-refractivity contribution is 0.0701. The molecule has 1 aromatic heterocycles. The van der Waals surface area contributed by atoms with Crippen LogP contribution in [0.5, 0.6) is 0 Å². The van der Waals surface area contributed by atoms with Crippen LogP contribution in [0.25, 0.3) is 0 Å². The first-order valence-corrected chi connectivity index (χ1v) is 10.1. The van der Waals surface area contributed by atoms with Crippen molar-refractivity contribution >= 4 is 27.5 Å². The summed E-state index contributed by atoms with van der Waals surface area (Å²) in [5.41, 5.74) is 0.614. The molecule has 1 aliphatic heterocycles. The molecule has 1 saturated heterocycles. The molecule has 1 aliphatic rings. The van der Waals surface area contributed by atoms with E-state index in [0.717, 1.165) is 28.0 Å². The number of carbonyl (C=O) groups is 1. The van der Waals surface area contributed by atoms with E-state index in [0.29, 0.717) is 23.1 Å². The number of hydrogen-bond acceptors (Lipinski definition) is 6. The molecule has 0 atom stereocenters. The third-order valence-corrected chi connectivity index (χ3v) is 6.81. The van der Waals surface area contributed by atoms with E-state index in [1.807, 2.05) is 6.92 Å². The second-order valence-corrected chi connectivity index (χ2v) is 8.33. The summed E-state index contributed by atoms with van der Waals surface area (Å²) in [7, 11) is -4.09. The molecule has 0 radical (unpaired) electrons. The van der Waals surface area contributed by atoms with E-state index in [4.69, 9.17) is 0 Å². The number of benzene rings is 1. The molecule has 2 aromatic rings. The number of aryl methyl sites for hydroxylation is 1. The lowest BCUT2D eigenvalue weighted by atomic mass is 10.2. The van der Waals surface area contributed by atoms with E-state index in [1.54, 1.807) is 0 Å². The highest BCUT2D eigenvalue weighted by Crippen LogP contribution is 2.22. The number of piperazine rings is 1. The molecule has 0 aliphatic carbocycles. The van der Waals surface area contributed by atoms with Crippen LogP contribution in [0.3, 0.4) is 0 Å². The predicted octanol–water partition coefficient (Wildman–Crippen LogP) is 1.53. The van der Waals surface area contributed by atoms with E-state index < -0.39 is 26.6 Å². The lowest BCUT2D eigenvalue weighted by Gasteiger charge is -2.33. The van der Waals surface area contributed by atoms with Gasteiger partial charge in [-0.25, -0.2) is 17.2 Å². The standard InChI is InChI=1S/C15H16F2N4O3S2/c1-2-12-14(25-19-18-12)15(22)20-5-7-21(8-6-20)26(23,24)13-4-3-10(16)9-11(13)17/h3-4,9H,2,5-8H2,1H3.